The van der Waals surface area contributed by atoms with Crippen LogP contribution >= 0.6 is 0 Å². The van der Waals surface area contributed by atoms with E-state index in [1.165, 1.54) is 44.9 Å². The molecule has 0 aromatic heterocycles. The lowest BCUT2D eigenvalue weighted by Gasteiger charge is -2.36. The Bertz CT molecular complexity index is 427. The van der Waals surface area contributed by atoms with E-state index < -0.39 is 0 Å². The molecule has 0 spiro atoms. The van der Waals surface area contributed by atoms with Crippen LogP contribution in [0.1, 0.15) is 78.1 Å². The molecule has 0 atom stereocenters. The van der Waals surface area contributed by atoms with Gasteiger partial charge in [0, 0.05) is 25.0 Å². The van der Waals surface area contributed by atoms with E-state index in [0.29, 0.717) is 12.6 Å². The fourth-order valence-electron chi connectivity index (χ4n) is 4.40. The Hall–Kier alpha value is -1.10. The maximum absolute atomic E-state index is 12.8. The van der Waals surface area contributed by atoms with Gasteiger partial charge in [-0.1, -0.05) is 39.0 Å². The summed E-state index contributed by atoms with van der Waals surface area (Å²) in [5.41, 5.74) is 0. The molecule has 0 bridgehead atoms. The number of amides is 2. The minimum absolute atomic E-state index is 0.128. The first kappa shape index (κ1) is 21.2. The largest absolute Gasteiger partial charge is 0.356 e. The molecule has 1 N–H and O–H groups in total. The normalized spacial score (nSPS) is 20.1. The van der Waals surface area contributed by atoms with Gasteiger partial charge < -0.3 is 10.2 Å². The van der Waals surface area contributed by atoms with Gasteiger partial charge in [0.15, 0.2) is 0 Å². The number of carbonyl (C=O) groups excluding carboxylic acids is 2. The minimum Gasteiger partial charge on any atom is -0.356 e. The van der Waals surface area contributed by atoms with E-state index >= 15 is 0 Å². The predicted octanol–water partition coefficient (Wildman–Crippen LogP) is 3.19. The standard InChI is InChI=1S/C21H39N3O2/c1-3-5-9-14-22-21(26)18-12-15-23(16-13-18)17-20(25)24(4-2)19-10-7-6-8-11-19/h18-19H,3-17H2,1-2H3,(H,22,26). The van der Waals surface area contributed by atoms with Crippen molar-refractivity contribution >= 4 is 11.8 Å². The Morgan fingerprint density at radius 1 is 1.00 bits per heavy atom. The topological polar surface area (TPSA) is 52.7 Å². The predicted molar refractivity (Wildman–Crippen MR) is 106 cm³/mol. The van der Waals surface area contributed by atoms with Gasteiger partial charge in [0.1, 0.15) is 0 Å². The van der Waals surface area contributed by atoms with Crippen LogP contribution in [0, 0.1) is 5.92 Å². The molecule has 2 rings (SSSR count). The summed E-state index contributed by atoms with van der Waals surface area (Å²) >= 11 is 0. The average Bonchev–Trinajstić information content (AvgIpc) is 2.67. The zero-order chi connectivity index (χ0) is 18.8. The highest BCUT2D eigenvalue weighted by Crippen LogP contribution is 2.23. The molecule has 1 aliphatic heterocycles. The Morgan fingerprint density at radius 2 is 1.69 bits per heavy atom. The molecule has 0 aromatic rings. The number of nitrogens with zero attached hydrogens (tertiary/aromatic N) is 2. The smallest absolute Gasteiger partial charge is 0.236 e. The number of likely N-dealkylation sites (tertiary alicyclic amines) is 1. The molecule has 2 fully saturated rings. The van der Waals surface area contributed by atoms with Crippen molar-refractivity contribution in [1.29, 1.82) is 0 Å². The number of likely N-dealkylation sites (N-methyl/N-ethyl adjacent to an activating group) is 1. The van der Waals surface area contributed by atoms with E-state index in [2.05, 4.69) is 29.0 Å². The van der Waals surface area contributed by atoms with Crippen molar-refractivity contribution in [2.75, 3.05) is 32.7 Å². The number of nitrogens with one attached hydrogen (secondary N) is 1. The van der Waals surface area contributed by atoms with Crippen molar-refractivity contribution in [2.24, 2.45) is 5.92 Å². The molecule has 1 saturated heterocycles. The van der Waals surface area contributed by atoms with Gasteiger partial charge in [0.05, 0.1) is 6.54 Å². The molecule has 0 radical (unpaired) electrons. The molecule has 0 aromatic carbocycles. The summed E-state index contributed by atoms with van der Waals surface area (Å²) in [6.45, 7) is 8.14. The summed E-state index contributed by atoms with van der Waals surface area (Å²) < 4.78 is 0. The van der Waals surface area contributed by atoms with E-state index in [4.69, 9.17) is 0 Å². The van der Waals surface area contributed by atoms with Gasteiger partial charge in [0.2, 0.25) is 11.8 Å². The maximum Gasteiger partial charge on any atom is 0.236 e. The van der Waals surface area contributed by atoms with E-state index in [0.717, 1.165) is 45.4 Å². The lowest BCUT2D eigenvalue weighted by atomic mass is 9.94. The minimum atomic E-state index is 0.128. The third kappa shape index (κ3) is 6.57. The summed E-state index contributed by atoms with van der Waals surface area (Å²) in [5.74, 6) is 0.620. The Labute approximate surface area is 159 Å². The van der Waals surface area contributed by atoms with Crippen LogP contribution in [0.15, 0.2) is 0 Å². The highest BCUT2D eigenvalue weighted by molar-refractivity contribution is 5.79. The highest BCUT2D eigenvalue weighted by Gasteiger charge is 2.29. The van der Waals surface area contributed by atoms with Gasteiger partial charge in [-0.15, -0.1) is 0 Å². The molecule has 5 heteroatoms. The molecule has 2 amide bonds. The summed E-state index contributed by atoms with van der Waals surface area (Å²) in [5, 5.41) is 3.08. The SMILES string of the molecule is CCCCCNC(=O)C1CCN(CC(=O)N(CC)C2CCCCC2)CC1. The second-order valence-electron chi connectivity index (χ2n) is 8.02. The van der Waals surface area contributed by atoms with E-state index in [1.54, 1.807) is 0 Å². The van der Waals surface area contributed by atoms with Crippen LogP contribution in [-0.4, -0.2) is 60.4 Å². The number of hydrogen-bond donors (Lipinski definition) is 1. The first-order valence-corrected chi connectivity index (χ1v) is 10.9. The van der Waals surface area contributed by atoms with Crippen LogP contribution in [0.2, 0.25) is 0 Å². The number of unbranched alkanes of at least 4 members (excludes halogenated alkanes) is 2. The lowest BCUT2D eigenvalue weighted by Crippen LogP contribution is -2.48. The molecule has 1 saturated carbocycles. The monoisotopic (exact) mass is 365 g/mol. The number of carbonyl (C=O) groups is 2. The van der Waals surface area contributed by atoms with Crippen LogP contribution in [0.4, 0.5) is 0 Å². The van der Waals surface area contributed by atoms with Crippen molar-refractivity contribution in [3.8, 4) is 0 Å². The lowest BCUT2D eigenvalue weighted by molar-refractivity contribution is -0.135. The van der Waals surface area contributed by atoms with Crippen molar-refractivity contribution in [2.45, 2.75) is 84.1 Å². The van der Waals surface area contributed by atoms with Crippen molar-refractivity contribution in [3.05, 3.63) is 0 Å². The average molecular weight is 366 g/mol. The third-order valence-corrected chi connectivity index (χ3v) is 6.07. The zero-order valence-corrected chi connectivity index (χ0v) is 17.0. The Balaban J connectivity index is 1.70. The van der Waals surface area contributed by atoms with Crippen LogP contribution in [0.25, 0.3) is 0 Å². The summed E-state index contributed by atoms with van der Waals surface area (Å²) in [7, 11) is 0. The second-order valence-corrected chi connectivity index (χ2v) is 8.02. The van der Waals surface area contributed by atoms with Gasteiger partial charge in [-0.25, -0.2) is 0 Å². The van der Waals surface area contributed by atoms with E-state index in [1.807, 2.05) is 0 Å². The quantitative estimate of drug-likeness (QED) is 0.639. The molecular formula is C21H39N3O2. The van der Waals surface area contributed by atoms with Crippen LogP contribution in [0.5, 0.6) is 0 Å². The first-order valence-electron chi connectivity index (χ1n) is 10.9. The highest BCUT2D eigenvalue weighted by atomic mass is 16.2. The molecule has 150 valence electrons. The molecule has 1 aliphatic carbocycles. The molecule has 5 nitrogen and oxygen atoms in total. The molecule has 0 unspecified atom stereocenters. The van der Waals surface area contributed by atoms with Crippen molar-refractivity contribution in [3.63, 3.8) is 0 Å². The summed E-state index contributed by atoms with van der Waals surface area (Å²) in [6.07, 6.45) is 11.3. The van der Waals surface area contributed by atoms with Gasteiger partial charge in [-0.3, -0.25) is 14.5 Å². The van der Waals surface area contributed by atoms with Crippen molar-refractivity contribution in [1.82, 2.24) is 15.1 Å². The van der Waals surface area contributed by atoms with Crippen LogP contribution in [-0.2, 0) is 9.59 Å². The van der Waals surface area contributed by atoms with Gasteiger partial charge in [-0.2, -0.15) is 0 Å². The Kier molecular flexibility index (Phi) is 9.44. The zero-order valence-electron chi connectivity index (χ0n) is 17.0. The third-order valence-electron chi connectivity index (χ3n) is 6.07. The van der Waals surface area contributed by atoms with Gasteiger partial charge in [0.25, 0.3) is 0 Å². The fourth-order valence-corrected chi connectivity index (χ4v) is 4.40. The van der Waals surface area contributed by atoms with E-state index in [9.17, 15) is 9.59 Å². The van der Waals surface area contributed by atoms with Crippen LogP contribution < -0.4 is 5.32 Å². The summed E-state index contributed by atoms with van der Waals surface area (Å²) in [6, 6.07) is 0.452. The van der Waals surface area contributed by atoms with Crippen molar-refractivity contribution < 1.29 is 9.59 Å². The molecule has 2 aliphatic rings. The fraction of sp³-hybridized carbons (Fsp3) is 0.905. The van der Waals surface area contributed by atoms with Gasteiger partial charge in [-0.05, 0) is 52.1 Å². The number of rotatable bonds is 9. The molecule has 1 heterocycles. The number of hydrogen-bond acceptors (Lipinski definition) is 3. The van der Waals surface area contributed by atoms with Crippen LogP contribution in [0.3, 0.4) is 0 Å². The maximum atomic E-state index is 12.8. The van der Waals surface area contributed by atoms with E-state index in [-0.39, 0.29) is 17.7 Å². The van der Waals surface area contributed by atoms with Gasteiger partial charge >= 0.3 is 0 Å². The second kappa shape index (κ2) is 11.6. The molecule has 26 heavy (non-hydrogen) atoms. The molecular weight excluding hydrogens is 326 g/mol. The summed E-state index contributed by atoms with van der Waals surface area (Å²) in [4.78, 5) is 29.4. The number of piperidine rings is 1. The first-order chi connectivity index (χ1) is 12.7. The Morgan fingerprint density at radius 3 is 2.31 bits per heavy atom.